The topological polar surface area (TPSA) is 96.0 Å². The Morgan fingerprint density at radius 3 is 2.50 bits per heavy atom. The summed E-state index contributed by atoms with van der Waals surface area (Å²) in [5.41, 5.74) is 6.85. The van der Waals surface area contributed by atoms with Gasteiger partial charge in [-0.1, -0.05) is 23.2 Å². The monoisotopic (exact) mass is 376 g/mol. The molecule has 2 rings (SSSR count). The Morgan fingerprint density at radius 1 is 1.38 bits per heavy atom. The lowest BCUT2D eigenvalue weighted by Gasteiger charge is -2.36. The van der Waals surface area contributed by atoms with Gasteiger partial charge in [-0.05, 0) is 24.8 Å². The Balaban J connectivity index is 2.02. The fourth-order valence-electron chi connectivity index (χ4n) is 3.01. The summed E-state index contributed by atoms with van der Waals surface area (Å²) in [5, 5.41) is 19.8. The van der Waals surface area contributed by atoms with Crippen molar-refractivity contribution in [2.75, 3.05) is 26.8 Å². The number of rotatable bonds is 5. The molecule has 8 heteroatoms. The fourth-order valence-corrected chi connectivity index (χ4v) is 3.34. The number of amides is 1. The molecule has 0 radical (unpaired) electrons. The molecule has 0 spiro atoms. The number of phenolic OH excluding ortho intramolecular Hbond substituents is 1. The standard InChI is InChI=1S/C16H22Cl2N2O4/c1-24-14(8-21)16(23)20-4-2-9(3-5-20)15(19)10-6-11(17)12(18)7-13(10)22/h6-7,9,14-15,21-22H,2-5,8,19H2,1H3/t14-,15+/m0/s1. The number of phenols is 1. The first kappa shape index (κ1) is 19.3. The van der Waals surface area contributed by atoms with Crippen molar-refractivity contribution in [2.45, 2.75) is 25.0 Å². The largest absolute Gasteiger partial charge is 0.508 e. The highest BCUT2D eigenvalue weighted by Crippen LogP contribution is 2.37. The van der Waals surface area contributed by atoms with Crippen LogP contribution >= 0.6 is 23.2 Å². The van der Waals surface area contributed by atoms with E-state index in [1.54, 1.807) is 11.0 Å². The van der Waals surface area contributed by atoms with Crippen LogP contribution in [0.5, 0.6) is 5.75 Å². The van der Waals surface area contributed by atoms with Gasteiger partial charge in [0, 0.05) is 37.9 Å². The summed E-state index contributed by atoms with van der Waals surface area (Å²) in [5.74, 6) is -0.0909. The number of hydrogen-bond donors (Lipinski definition) is 3. The summed E-state index contributed by atoms with van der Waals surface area (Å²) in [6.45, 7) is 0.713. The minimum absolute atomic E-state index is 0.0233. The van der Waals surface area contributed by atoms with E-state index in [-0.39, 0.29) is 29.2 Å². The molecular weight excluding hydrogens is 355 g/mol. The van der Waals surface area contributed by atoms with E-state index in [2.05, 4.69) is 0 Å². The van der Waals surface area contributed by atoms with Crippen molar-refractivity contribution in [2.24, 2.45) is 11.7 Å². The highest BCUT2D eigenvalue weighted by Gasteiger charge is 2.31. The third-order valence-corrected chi connectivity index (χ3v) is 5.24. The van der Waals surface area contributed by atoms with Crippen molar-refractivity contribution >= 4 is 29.1 Å². The lowest BCUT2D eigenvalue weighted by atomic mass is 9.85. The van der Waals surface area contributed by atoms with Crippen LogP contribution < -0.4 is 5.73 Å². The van der Waals surface area contributed by atoms with Crippen LogP contribution in [0.25, 0.3) is 0 Å². The van der Waals surface area contributed by atoms with E-state index in [1.165, 1.54) is 13.2 Å². The first-order chi connectivity index (χ1) is 11.4. The molecule has 1 fully saturated rings. The van der Waals surface area contributed by atoms with Gasteiger partial charge >= 0.3 is 0 Å². The van der Waals surface area contributed by atoms with Crippen LogP contribution in [0.4, 0.5) is 0 Å². The number of benzene rings is 1. The number of aromatic hydroxyl groups is 1. The number of hydrogen-bond acceptors (Lipinski definition) is 5. The zero-order valence-corrected chi connectivity index (χ0v) is 14.9. The molecule has 1 saturated heterocycles. The Kier molecular flexibility index (Phi) is 6.71. The second-order valence-corrected chi connectivity index (χ2v) is 6.73. The van der Waals surface area contributed by atoms with Crippen LogP contribution in [0.2, 0.25) is 10.0 Å². The van der Waals surface area contributed by atoms with Crippen molar-refractivity contribution in [1.29, 1.82) is 0 Å². The minimum atomic E-state index is -0.825. The summed E-state index contributed by atoms with van der Waals surface area (Å²) in [7, 11) is 1.40. The molecule has 24 heavy (non-hydrogen) atoms. The lowest BCUT2D eigenvalue weighted by molar-refractivity contribution is -0.145. The molecule has 1 amide bonds. The molecular formula is C16H22Cl2N2O4. The second-order valence-electron chi connectivity index (χ2n) is 5.92. The van der Waals surface area contributed by atoms with Crippen molar-refractivity contribution < 1.29 is 19.7 Å². The Bertz CT molecular complexity index is 588. The lowest BCUT2D eigenvalue weighted by Crippen LogP contribution is -2.46. The normalized spacial score (nSPS) is 18.5. The molecule has 6 nitrogen and oxygen atoms in total. The second kappa shape index (κ2) is 8.36. The number of nitrogens with zero attached hydrogens (tertiary/aromatic N) is 1. The molecule has 4 N–H and O–H groups in total. The summed E-state index contributed by atoms with van der Waals surface area (Å²) in [6.07, 6.45) is 0.553. The van der Waals surface area contributed by atoms with Crippen molar-refractivity contribution in [3.63, 3.8) is 0 Å². The summed E-state index contributed by atoms with van der Waals surface area (Å²) >= 11 is 11.9. The number of halogens is 2. The highest BCUT2D eigenvalue weighted by molar-refractivity contribution is 6.42. The Morgan fingerprint density at radius 2 is 1.96 bits per heavy atom. The Labute approximate surface area is 151 Å². The maximum atomic E-state index is 12.2. The predicted octanol–water partition coefficient (Wildman–Crippen LogP) is 1.94. The van der Waals surface area contributed by atoms with Gasteiger partial charge in [-0.15, -0.1) is 0 Å². The summed E-state index contributed by atoms with van der Waals surface area (Å²) in [6, 6.07) is 2.59. The van der Waals surface area contributed by atoms with E-state index in [9.17, 15) is 9.90 Å². The number of likely N-dealkylation sites (tertiary alicyclic amines) is 1. The third kappa shape index (κ3) is 4.13. The zero-order valence-electron chi connectivity index (χ0n) is 13.4. The fraction of sp³-hybridized carbons (Fsp3) is 0.562. The zero-order chi connectivity index (χ0) is 17.9. The molecule has 0 unspecified atom stereocenters. The molecule has 0 saturated carbocycles. The molecule has 1 aromatic rings. The average Bonchev–Trinajstić information content (AvgIpc) is 2.58. The number of aliphatic hydroxyl groups is 1. The molecule has 0 bridgehead atoms. The van der Waals surface area contributed by atoms with Crippen molar-refractivity contribution in [1.82, 2.24) is 4.90 Å². The molecule has 1 aromatic carbocycles. The first-order valence-electron chi connectivity index (χ1n) is 7.75. The van der Waals surface area contributed by atoms with E-state index in [0.717, 1.165) is 0 Å². The van der Waals surface area contributed by atoms with E-state index in [0.29, 0.717) is 36.5 Å². The number of carbonyl (C=O) groups is 1. The van der Waals surface area contributed by atoms with Crippen LogP contribution in [0.15, 0.2) is 12.1 Å². The van der Waals surface area contributed by atoms with Crippen LogP contribution in [0, 0.1) is 5.92 Å². The van der Waals surface area contributed by atoms with Gasteiger partial charge in [-0.25, -0.2) is 0 Å². The predicted molar refractivity (Wildman–Crippen MR) is 92.2 cm³/mol. The SMILES string of the molecule is CO[C@@H](CO)C(=O)N1CCC([C@@H](N)c2cc(Cl)c(Cl)cc2O)CC1. The van der Waals surface area contributed by atoms with Crippen molar-refractivity contribution in [3.8, 4) is 5.75 Å². The smallest absolute Gasteiger partial charge is 0.254 e. The van der Waals surface area contributed by atoms with Crippen LogP contribution in [0.3, 0.4) is 0 Å². The highest BCUT2D eigenvalue weighted by atomic mass is 35.5. The van der Waals surface area contributed by atoms with Crippen LogP contribution in [-0.2, 0) is 9.53 Å². The number of methoxy groups -OCH3 is 1. The molecule has 1 aliphatic rings. The molecule has 0 aliphatic carbocycles. The molecule has 2 atom stereocenters. The van der Waals surface area contributed by atoms with Gasteiger partial charge in [0.1, 0.15) is 5.75 Å². The number of aliphatic hydroxyl groups excluding tert-OH is 1. The average molecular weight is 377 g/mol. The number of piperidine rings is 1. The number of ether oxygens (including phenoxy) is 1. The first-order valence-corrected chi connectivity index (χ1v) is 8.50. The summed E-state index contributed by atoms with van der Waals surface area (Å²) < 4.78 is 4.97. The third-order valence-electron chi connectivity index (χ3n) is 4.51. The maximum absolute atomic E-state index is 12.2. The van der Waals surface area contributed by atoms with Gasteiger partial charge in [0.2, 0.25) is 0 Å². The van der Waals surface area contributed by atoms with Crippen LogP contribution in [-0.4, -0.2) is 53.9 Å². The molecule has 1 aliphatic heterocycles. The Hall–Kier alpha value is -1.05. The minimum Gasteiger partial charge on any atom is -0.508 e. The maximum Gasteiger partial charge on any atom is 0.254 e. The van der Waals surface area contributed by atoms with Gasteiger partial charge in [0.15, 0.2) is 6.10 Å². The van der Waals surface area contributed by atoms with E-state index < -0.39 is 12.1 Å². The molecule has 134 valence electrons. The van der Waals surface area contributed by atoms with Gasteiger partial charge in [-0.3, -0.25) is 4.79 Å². The molecule has 1 heterocycles. The van der Waals surface area contributed by atoms with Gasteiger partial charge in [0.05, 0.1) is 16.7 Å². The quantitative estimate of drug-likeness (QED) is 0.729. The van der Waals surface area contributed by atoms with Gasteiger partial charge in [-0.2, -0.15) is 0 Å². The van der Waals surface area contributed by atoms with Gasteiger partial charge in [0.25, 0.3) is 5.91 Å². The van der Waals surface area contributed by atoms with E-state index >= 15 is 0 Å². The van der Waals surface area contributed by atoms with E-state index in [4.69, 9.17) is 38.8 Å². The number of carbonyl (C=O) groups excluding carboxylic acids is 1. The number of nitrogens with two attached hydrogens (primary N) is 1. The van der Waals surface area contributed by atoms with Crippen LogP contribution in [0.1, 0.15) is 24.4 Å². The molecule has 0 aromatic heterocycles. The summed E-state index contributed by atoms with van der Waals surface area (Å²) in [4.78, 5) is 13.8. The van der Waals surface area contributed by atoms with E-state index in [1.807, 2.05) is 0 Å². The van der Waals surface area contributed by atoms with Crippen molar-refractivity contribution in [3.05, 3.63) is 27.7 Å². The van der Waals surface area contributed by atoms with Gasteiger partial charge < -0.3 is 25.6 Å².